The van der Waals surface area contributed by atoms with E-state index in [1.807, 2.05) is 13.0 Å². The Labute approximate surface area is 89.7 Å². The summed E-state index contributed by atoms with van der Waals surface area (Å²) >= 11 is 0. The van der Waals surface area contributed by atoms with Crippen molar-refractivity contribution in [3.05, 3.63) is 24.1 Å². The summed E-state index contributed by atoms with van der Waals surface area (Å²) < 4.78 is 5.51. The van der Waals surface area contributed by atoms with Crippen LogP contribution < -0.4 is 4.90 Å². The molecule has 1 aromatic carbocycles. The third-order valence-electron chi connectivity index (χ3n) is 2.61. The smallest absolute Gasteiger partial charge is 0.192 e. The monoisotopic (exact) mass is 204 g/mol. The van der Waals surface area contributed by atoms with Gasteiger partial charge in [-0.3, -0.25) is 0 Å². The molecule has 0 fully saturated rings. The van der Waals surface area contributed by atoms with Crippen LogP contribution in [0.4, 0.5) is 5.69 Å². The van der Waals surface area contributed by atoms with Gasteiger partial charge in [0, 0.05) is 31.8 Å². The molecule has 0 atom stereocenters. The van der Waals surface area contributed by atoms with Gasteiger partial charge in [0.2, 0.25) is 0 Å². The molecule has 0 bridgehead atoms. The number of aromatic nitrogens is 1. The molecule has 0 unspecified atom stereocenters. The Morgan fingerprint density at radius 2 is 2.00 bits per heavy atom. The van der Waals surface area contributed by atoms with Crippen molar-refractivity contribution >= 4 is 16.8 Å². The van der Waals surface area contributed by atoms with Gasteiger partial charge >= 0.3 is 0 Å². The molecule has 15 heavy (non-hydrogen) atoms. The zero-order valence-electron chi connectivity index (χ0n) is 9.45. The summed E-state index contributed by atoms with van der Waals surface area (Å²) in [6.45, 7) is 8.19. The van der Waals surface area contributed by atoms with Crippen molar-refractivity contribution in [1.82, 2.24) is 4.98 Å². The number of rotatable bonds is 3. The minimum atomic E-state index is 0.724. The van der Waals surface area contributed by atoms with Crippen molar-refractivity contribution < 1.29 is 4.42 Å². The second kappa shape index (κ2) is 3.93. The van der Waals surface area contributed by atoms with E-state index in [9.17, 15) is 0 Å². The Balaban J connectivity index is 2.45. The summed E-state index contributed by atoms with van der Waals surface area (Å²) in [7, 11) is 0. The van der Waals surface area contributed by atoms with Gasteiger partial charge in [-0.25, -0.2) is 4.98 Å². The maximum absolute atomic E-state index is 5.51. The van der Waals surface area contributed by atoms with Crippen LogP contribution in [0.1, 0.15) is 19.7 Å². The molecule has 0 amide bonds. The van der Waals surface area contributed by atoms with Gasteiger partial charge in [0.25, 0.3) is 0 Å². The molecule has 0 saturated heterocycles. The van der Waals surface area contributed by atoms with Crippen molar-refractivity contribution in [3.63, 3.8) is 0 Å². The van der Waals surface area contributed by atoms with Gasteiger partial charge in [-0.1, -0.05) is 0 Å². The number of anilines is 1. The lowest BCUT2D eigenvalue weighted by atomic mass is 10.2. The van der Waals surface area contributed by atoms with Gasteiger partial charge in [-0.2, -0.15) is 0 Å². The van der Waals surface area contributed by atoms with Crippen molar-refractivity contribution in [2.24, 2.45) is 0 Å². The molecule has 0 spiro atoms. The summed E-state index contributed by atoms with van der Waals surface area (Å²) in [6, 6.07) is 6.17. The van der Waals surface area contributed by atoms with Crippen LogP contribution in [0.25, 0.3) is 11.1 Å². The first kappa shape index (κ1) is 10.0. The molecule has 0 aliphatic heterocycles. The second-order valence-corrected chi connectivity index (χ2v) is 3.56. The minimum Gasteiger partial charge on any atom is -0.441 e. The van der Waals surface area contributed by atoms with Crippen LogP contribution in [-0.4, -0.2) is 18.1 Å². The molecule has 2 rings (SSSR count). The molecule has 1 aromatic heterocycles. The van der Waals surface area contributed by atoms with Crippen LogP contribution in [0.3, 0.4) is 0 Å². The average molecular weight is 204 g/mol. The van der Waals surface area contributed by atoms with Gasteiger partial charge in [-0.15, -0.1) is 0 Å². The molecule has 0 N–H and O–H groups in total. The number of benzene rings is 1. The molecule has 0 aliphatic carbocycles. The molecule has 2 aromatic rings. The Morgan fingerprint density at radius 1 is 1.27 bits per heavy atom. The fraction of sp³-hybridized carbons (Fsp3) is 0.417. The quantitative estimate of drug-likeness (QED) is 0.769. The fourth-order valence-corrected chi connectivity index (χ4v) is 1.81. The normalized spacial score (nSPS) is 10.9. The highest BCUT2D eigenvalue weighted by atomic mass is 16.3. The lowest BCUT2D eigenvalue weighted by Gasteiger charge is -2.20. The van der Waals surface area contributed by atoms with Crippen molar-refractivity contribution in [2.45, 2.75) is 20.8 Å². The molecule has 0 aliphatic rings. The first-order valence-electron chi connectivity index (χ1n) is 5.36. The highest BCUT2D eigenvalue weighted by molar-refractivity contribution is 5.77. The number of hydrogen-bond donors (Lipinski definition) is 0. The molecule has 1 heterocycles. The summed E-state index contributed by atoms with van der Waals surface area (Å²) in [6.07, 6.45) is 0. The van der Waals surface area contributed by atoms with E-state index in [-0.39, 0.29) is 0 Å². The summed E-state index contributed by atoms with van der Waals surface area (Å²) in [4.78, 5) is 6.57. The standard InChI is InChI=1S/C12H16N2O/c1-4-14(5-2)10-6-7-11-12(8-10)15-9(3)13-11/h6-8H,4-5H2,1-3H3. The molecule has 0 radical (unpaired) electrons. The molecular formula is C12H16N2O. The minimum absolute atomic E-state index is 0.724. The van der Waals surface area contributed by atoms with Crippen molar-refractivity contribution in [2.75, 3.05) is 18.0 Å². The van der Waals surface area contributed by atoms with E-state index in [0.717, 1.165) is 30.1 Å². The van der Waals surface area contributed by atoms with Crippen molar-refractivity contribution in [3.8, 4) is 0 Å². The topological polar surface area (TPSA) is 29.3 Å². The number of hydrogen-bond acceptors (Lipinski definition) is 3. The Hall–Kier alpha value is -1.51. The van der Waals surface area contributed by atoms with Gasteiger partial charge in [-0.05, 0) is 26.0 Å². The fourth-order valence-electron chi connectivity index (χ4n) is 1.81. The number of aryl methyl sites for hydroxylation is 1. The maximum atomic E-state index is 5.51. The first-order chi connectivity index (χ1) is 7.24. The highest BCUT2D eigenvalue weighted by Gasteiger charge is 2.06. The van der Waals surface area contributed by atoms with Crippen LogP contribution in [0.15, 0.2) is 22.6 Å². The zero-order chi connectivity index (χ0) is 10.8. The van der Waals surface area contributed by atoms with Gasteiger partial charge in [0.15, 0.2) is 11.5 Å². The molecular weight excluding hydrogens is 188 g/mol. The van der Waals surface area contributed by atoms with Crippen LogP contribution in [0, 0.1) is 6.92 Å². The van der Waals surface area contributed by atoms with E-state index in [1.54, 1.807) is 0 Å². The number of fused-ring (bicyclic) bond motifs is 1. The van der Waals surface area contributed by atoms with Gasteiger partial charge in [0.05, 0.1) is 0 Å². The van der Waals surface area contributed by atoms with E-state index in [0.29, 0.717) is 0 Å². The second-order valence-electron chi connectivity index (χ2n) is 3.56. The van der Waals surface area contributed by atoms with Crippen LogP contribution in [0.2, 0.25) is 0 Å². The van der Waals surface area contributed by atoms with Crippen LogP contribution in [-0.2, 0) is 0 Å². The lowest BCUT2D eigenvalue weighted by molar-refractivity contribution is 0.561. The van der Waals surface area contributed by atoms with E-state index >= 15 is 0 Å². The summed E-state index contributed by atoms with van der Waals surface area (Å²) in [5.41, 5.74) is 3.00. The van der Waals surface area contributed by atoms with Crippen molar-refractivity contribution in [1.29, 1.82) is 0 Å². The molecule has 3 nitrogen and oxygen atoms in total. The zero-order valence-corrected chi connectivity index (χ0v) is 9.45. The number of oxazole rings is 1. The molecule has 3 heteroatoms. The van der Waals surface area contributed by atoms with E-state index < -0.39 is 0 Å². The largest absolute Gasteiger partial charge is 0.441 e. The SMILES string of the molecule is CCN(CC)c1ccc2nc(C)oc2c1. The van der Waals surface area contributed by atoms with Gasteiger partial charge in [0.1, 0.15) is 5.52 Å². The maximum Gasteiger partial charge on any atom is 0.192 e. The predicted molar refractivity (Wildman–Crippen MR) is 62.3 cm³/mol. The predicted octanol–water partition coefficient (Wildman–Crippen LogP) is 2.98. The summed E-state index contributed by atoms with van der Waals surface area (Å²) in [5.74, 6) is 0.724. The lowest BCUT2D eigenvalue weighted by Crippen LogP contribution is -2.21. The molecule has 0 saturated carbocycles. The van der Waals surface area contributed by atoms with E-state index in [4.69, 9.17) is 4.42 Å². The highest BCUT2D eigenvalue weighted by Crippen LogP contribution is 2.22. The summed E-state index contributed by atoms with van der Waals surface area (Å²) in [5, 5.41) is 0. The van der Waals surface area contributed by atoms with Crippen LogP contribution in [0.5, 0.6) is 0 Å². The average Bonchev–Trinajstić information content (AvgIpc) is 2.59. The number of nitrogens with zero attached hydrogens (tertiary/aromatic N) is 2. The Bertz CT molecular complexity index is 458. The first-order valence-corrected chi connectivity index (χ1v) is 5.36. The third-order valence-corrected chi connectivity index (χ3v) is 2.61. The van der Waals surface area contributed by atoms with E-state index in [1.165, 1.54) is 5.69 Å². The third kappa shape index (κ3) is 1.82. The van der Waals surface area contributed by atoms with Gasteiger partial charge < -0.3 is 9.32 Å². The Kier molecular flexibility index (Phi) is 2.62. The molecule has 80 valence electrons. The van der Waals surface area contributed by atoms with Crippen LogP contribution >= 0.6 is 0 Å². The Morgan fingerprint density at radius 3 is 2.67 bits per heavy atom. The van der Waals surface area contributed by atoms with E-state index in [2.05, 4.69) is 35.9 Å².